The predicted octanol–water partition coefficient (Wildman–Crippen LogP) is 23.1. The summed E-state index contributed by atoms with van der Waals surface area (Å²) in [5.74, 6) is 2.98. The number of phenolic OH excluding ortho intramolecular Hbond substituents is 7. The zero-order valence-corrected chi connectivity index (χ0v) is 77.0. The Morgan fingerprint density at radius 2 is 0.608 bits per heavy atom. The van der Waals surface area contributed by atoms with Crippen molar-refractivity contribution in [1.82, 2.24) is 0 Å². The first kappa shape index (κ1) is 110. The summed E-state index contributed by atoms with van der Waals surface area (Å²) in [6, 6.07) is 98.9. The summed E-state index contributed by atoms with van der Waals surface area (Å²) in [5, 5.41) is 69.8. The first-order chi connectivity index (χ1) is 54.5. The number of phenols is 7. The van der Waals surface area contributed by atoms with Crippen molar-refractivity contribution in [3.8, 4) is 57.5 Å². The molecule has 0 aliphatic rings. The minimum atomic E-state index is -1.53. The van der Waals surface area contributed by atoms with Crippen molar-refractivity contribution in [1.29, 1.82) is 0 Å². The van der Waals surface area contributed by atoms with Gasteiger partial charge in [-0.05, 0) is 189 Å². The molecule has 0 atom stereocenters. The minimum absolute atomic E-state index is 0. The van der Waals surface area contributed by atoms with Crippen molar-refractivity contribution in [2.24, 2.45) is 34.6 Å². The van der Waals surface area contributed by atoms with Gasteiger partial charge in [0, 0.05) is 207 Å². The van der Waals surface area contributed by atoms with Crippen LogP contribution in [0.4, 0.5) is 28.4 Å². The molecule has 120 heavy (non-hydrogen) atoms. The molecule has 13 aromatic rings. The fraction of sp³-hybridized carbons (Fsp3) is 0.0957. The summed E-state index contributed by atoms with van der Waals surface area (Å²) < 4.78 is 15.2. The van der Waals surface area contributed by atoms with Crippen LogP contribution in [0.15, 0.2) is 356 Å². The minimum Gasteiger partial charge on any atom is -0.507 e. The van der Waals surface area contributed by atoms with Gasteiger partial charge in [-0.1, -0.05) is 201 Å². The van der Waals surface area contributed by atoms with Crippen LogP contribution in [-0.2, 0) is 117 Å². The molecule has 7 N–H and O–H groups in total. The SMILES string of the molecule is CN=Cc1ccccc1O.COc1cccc(C=Nc2ccccc2)c1O.C[Si](C)(C)N=Cc1ccccc1O.C[Si](C)(C)c1cccc(C=Nc2ccccc2)c1O.Cc1ccc(C=Nc2ccccc2)c(O)c1.Oc1c(C=Nc2ccccc2)cccc1Oc1ccccc1.Oc1c(Cl)cccc1C=Nc1ccccc1.[Co].[Co].[Co].[Co].[Co].[Co].[Co]. The average Bonchev–Trinajstić information content (AvgIpc) is 0.818. The van der Waals surface area contributed by atoms with Crippen molar-refractivity contribution in [3.63, 3.8) is 0 Å². The standard InChI is InChI=1S/C19H15NO2.C16H19NOSi.C14H13NO2.C14H13NO.C13H10ClNO.C10H15NOSi.C8H9NO.7Co/c21-19-15(14-20-16-9-3-1-4-10-16)8-7-13-18(19)22-17-11-5-2-6-12-17;1-19(2,3)15-11-7-8-13(16(15)18)12-17-14-9-5-4-6-10-14;1-17-13-9-5-6-11(14(13)16)10-15-12-7-3-2-4-8-12;1-11-7-8-12(14(16)9-11)10-15-13-5-3-2-4-6-13;14-12-8-4-5-10(13(12)16)9-15-11-6-2-1-3-7-11;1-13(2,3)11-8-9-6-4-5-7-10(9)12;1-9-6-7-4-2-3-5-8(7)10;;;;;;;/h1-14,21H;4-12,18H,1-3H3;2-10,16H,1H3;2-10,16H,1H3;1-9,16H;4-8,12H,1-3H3;2-6,10H,1H3;;;;;;;. The molecule has 637 valence electrons. The molecule has 0 spiro atoms. The Hall–Kier alpha value is -9.98. The normalized spacial score (nSPS) is 10.4. The van der Waals surface area contributed by atoms with Gasteiger partial charge in [-0.25, -0.2) is 0 Å². The van der Waals surface area contributed by atoms with Crippen molar-refractivity contribution >= 4 is 105 Å². The third-order valence-corrected chi connectivity index (χ3v) is 18.8. The van der Waals surface area contributed by atoms with Crippen LogP contribution >= 0.6 is 11.6 Å². The number of rotatable bonds is 17. The summed E-state index contributed by atoms with van der Waals surface area (Å²) >= 11 is 5.78. The first-order valence-corrected chi connectivity index (χ1v) is 43.3. The second-order valence-electron chi connectivity index (χ2n) is 26.6. The van der Waals surface area contributed by atoms with Crippen molar-refractivity contribution in [2.75, 3.05) is 14.2 Å². The van der Waals surface area contributed by atoms with E-state index in [2.05, 4.69) is 73.9 Å². The quantitative estimate of drug-likeness (QED) is 0.0338. The maximum Gasteiger partial charge on any atom is 0.172 e. The van der Waals surface area contributed by atoms with Crippen LogP contribution < -0.4 is 14.7 Å². The molecule has 0 saturated heterocycles. The van der Waals surface area contributed by atoms with Crippen LogP contribution in [0.3, 0.4) is 0 Å². The third-order valence-electron chi connectivity index (χ3n) is 15.6. The van der Waals surface area contributed by atoms with Gasteiger partial charge >= 0.3 is 0 Å². The number of hydrogen-bond acceptors (Lipinski definition) is 16. The van der Waals surface area contributed by atoms with E-state index in [1.165, 1.54) is 7.11 Å². The summed E-state index contributed by atoms with van der Waals surface area (Å²) in [5.41, 5.74) is 10.2. The van der Waals surface area contributed by atoms with Gasteiger partial charge in [-0.2, -0.15) is 0 Å². The second-order valence-corrected chi connectivity index (χ2v) is 36.7. The molecule has 0 bridgehead atoms. The number of benzene rings is 13. The maximum absolute atomic E-state index is 10.3. The Labute approximate surface area is 783 Å². The number of methoxy groups -OCH3 is 1. The third kappa shape index (κ3) is 40.4. The number of aliphatic imine (C=N–C) groups is 6. The Morgan fingerprint density at radius 3 is 0.975 bits per heavy atom. The number of aryl methyl sites for hydroxylation is 1. The summed E-state index contributed by atoms with van der Waals surface area (Å²) in [7, 11) is 0.260. The molecule has 13 aromatic carbocycles. The summed E-state index contributed by atoms with van der Waals surface area (Å²) in [6.45, 7) is 15.1. The first-order valence-electron chi connectivity index (χ1n) is 36.0. The van der Waals surface area contributed by atoms with E-state index in [4.69, 9.17) is 26.2 Å². The Morgan fingerprint density at radius 1 is 0.300 bits per heavy atom. The molecule has 0 unspecified atom stereocenters. The van der Waals surface area contributed by atoms with Gasteiger partial charge in [0.05, 0.1) is 48.6 Å². The van der Waals surface area contributed by atoms with E-state index >= 15 is 0 Å². The molecule has 0 fully saturated rings. The van der Waals surface area contributed by atoms with Crippen LogP contribution in [0.5, 0.6) is 57.5 Å². The van der Waals surface area contributed by atoms with Gasteiger partial charge in [-0.3, -0.25) is 30.0 Å². The molecular formula is C94H94ClCo7N7O9Si2. The van der Waals surface area contributed by atoms with Crippen molar-refractivity contribution in [2.45, 2.75) is 46.2 Å². The van der Waals surface area contributed by atoms with E-state index in [1.807, 2.05) is 256 Å². The Bertz CT molecular complexity index is 5300. The van der Waals surface area contributed by atoms with Crippen LogP contribution in [0.25, 0.3) is 0 Å². The molecule has 0 aliphatic heterocycles. The molecule has 16 nitrogen and oxygen atoms in total. The molecule has 7 radical (unpaired) electrons. The van der Waals surface area contributed by atoms with Gasteiger partial charge in [0.2, 0.25) is 0 Å². The number of halogens is 1. The Balaban J connectivity index is 0.00000138. The van der Waals surface area contributed by atoms with E-state index in [0.29, 0.717) is 50.5 Å². The monoisotopic (exact) mass is 1970 g/mol. The molecule has 13 rings (SSSR count). The van der Waals surface area contributed by atoms with E-state index in [9.17, 15) is 30.6 Å². The number of hydrogen-bond donors (Lipinski definition) is 7. The van der Waals surface area contributed by atoms with Gasteiger partial charge in [0.15, 0.2) is 31.2 Å². The zero-order valence-electron chi connectivity index (χ0n) is 66.9. The number of para-hydroxylation sites is 12. The zero-order chi connectivity index (χ0) is 81.2. The Kier molecular flexibility index (Phi) is 54.7. The number of nitrogens with zero attached hydrogens (tertiary/aromatic N) is 7. The molecular weight excluding hydrogens is 1880 g/mol. The molecule has 0 saturated carbocycles. The van der Waals surface area contributed by atoms with Crippen LogP contribution in [0.2, 0.25) is 44.3 Å². The van der Waals surface area contributed by atoms with E-state index in [1.54, 1.807) is 123 Å². The average molecular weight is 1970 g/mol. The fourth-order valence-corrected chi connectivity index (χ4v) is 11.9. The van der Waals surface area contributed by atoms with Gasteiger partial charge in [-0.15, -0.1) is 0 Å². The maximum atomic E-state index is 10.3. The fourth-order valence-electron chi connectivity index (χ4n) is 9.71. The molecule has 26 heteroatoms. The predicted molar refractivity (Wildman–Crippen MR) is 475 cm³/mol. The smallest absolute Gasteiger partial charge is 0.172 e. The largest absolute Gasteiger partial charge is 0.507 e. The molecule has 0 amide bonds. The number of ether oxygens (including phenoxy) is 2. The van der Waals surface area contributed by atoms with E-state index in [0.717, 1.165) is 61.4 Å². The van der Waals surface area contributed by atoms with Gasteiger partial charge < -0.3 is 49.9 Å². The summed E-state index contributed by atoms with van der Waals surface area (Å²) in [6.07, 6.45) is 11.6. The van der Waals surface area contributed by atoms with Crippen molar-refractivity contribution in [3.05, 3.63) is 371 Å². The van der Waals surface area contributed by atoms with Crippen molar-refractivity contribution < 1.29 is 163 Å². The van der Waals surface area contributed by atoms with Crippen LogP contribution in [0, 0.1) is 6.92 Å². The van der Waals surface area contributed by atoms with Crippen LogP contribution in [-0.4, -0.2) is 110 Å². The summed E-state index contributed by atoms with van der Waals surface area (Å²) in [4.78, 5) is 25.3. The second kappa shape index (κ2) is 59.7. The van der Waals surface area contributed by atoms with Gasteiger partial charge in [0.1, 0.15) is 34.5 Å². The molecule has 0 aliphatic carbocycles. The van der Waals surface area contributed by atoms with Crippen LogP contribution in [0.1, 0.15) is 44.5 Å². The van der Waals surface area contributed by atoms with Gasteiger partial charge in [0.25, 0.3) is 0 Å². The van der Waals surface area contributed by atoms with E-state index in [-0.39, 0.29) is 146 Å². The topological polar surface area (TPSA) is 247 Å². The van der Waals surface area contributed by atoms with E-state index < -0.39 is 16.3 Å². The molecule has 0 heterocycles. The number of aromatic hydroxyl groups is 7. The molecule has 0 aromatic heterocycles.